The molecule has 0 saturated carbocycles. The summed E-state index contributed by atoms with van der Waals surface area (Å²) in [6.45, 7) is 7.73. The van der Waals surface area contributed by atoms with Crippen LogP contribution in [0.3, 0.4) is 0 Å². The van der Waals surface area contributed by atoms with Crippen LogP contribution in [0.1, 0.15) is 37.4 Å². The smallest absolute Gasteiger partial charge is 0.0443 e. The van der Waals surface area contributed by atoms with Gasteiger partial charge in [0.25, 0.3) is 0 Å². The highest BCUT2D eigenvalue weighted by molar-refractivity contribution is 5.29. The highest BCUT2D eigenvalue weighted by atomic mass is 16.3. The van der Waals surface area contributed by atoms with Gasteiger partial charge in [-0.15, -0.1) is 0 Å². The first-order chi connectivity index (χ1) is 7.66. The lowest BCUT2D eigenvalue weighted by Gasteiger charge is -2.24. The Morgan fingerprint density at radius 3 is 2.50 bits per heavy atom. The highest BCUT2D eigenvalue weighted by Crippen LogP contribution is 2.24. The Morgan fingerprint density at radius 1 is 1.25 bits per heavy atom. The third-order valence-electron chi connectivity index (χ3n) is 2.89. The second-order valence-corrected chi connectivity index (χ2v) is 4.61. The second kappa shape index (κ2) is 6.66. The highest BCUT2D eigenvalue weighted by Gasteiger charge is 2.16. The van der Waals surface area contributed by atoms with E-state index in [2.05, 4.69) is 50.4 Å². The van der Waals surface area contributed by atoms with Crippen LogP contribution in [0.25, 0.3) is 0 Å². The summed E-state index contributed by atoms with van der Waals surface area (Å²) in [6, 6.07) is 8.88. The molecule has 1 unspecified atom stereocenters. The number of rotatable bonds is 6. The average Bonchev–Trinajstić information content (AvgIpc) is 2.25. The van der Waals surface area contributed by atoms with Crippen molar-refractivity contribution in [1.29, 1.82) is 0 Å². The normalized spacial score (nSPS) is 13.1. The van der Waals surface area contributed by atoms with Crippen LogP contribution in [-0.2, 0) is 0 Å². The van der Waals surface area contributed by atoms with Crippen LogP contribution in [-0.4, -0.2) is 18.3 Å². The minimum absolute atomic E-state index is 0.256. The summed E-state index contributed by atoms with van der Waals surface area (Å²) < 4.78 is 0. The maximum absolute atomic E-state index is 8.80. The zero-order valence-corrected chi connectivity index (χ0v) is 10.5. The molecular weight excluding hydrogens is 198 g/mol. The lowest BCUT2D eigenvalue weighted by molar-refractivity contribution is 0.278. The van der Waals surface area contributed by atoms with E-state index in [0.29, 0.717) is 12.0 Å². The van der Waals surface area contributed by atoms with Gasteiger partial charge in [-0.05, 0) is 36.9 Å². The molecule has 0 bridgehead atoms. The van der Waals surface area contributed by atoms with Crippen molar-refractivity contribution in [2.45, 2.75) is 33.2 Å². The number of hydrogen-bond donors (Lipinski definition) is 2. The Kier molecular flexibility index (Phi) is 5.50. The van der Waals surface area contributed by atoms with E-state index in [1.54, 1.807) is 0 Å². The Bertz CT molecular complexity index is 309. The molecule has 16 heavy (non-hydrogen) atoms. The fourth-order valence-electron chi connectivity index (χ4n) is 1.98. The van der Waals surface area contributed by atoms with E-state index in [4.69, 9.17) is 5.11 Å². The van der Waals surface area contributed by atoms with Gasteiger partial charge in [0.15, 0.2) is 0 Å². The van der Waals surface area contributed by atoms with E-state index in [-0.39, 0.29) is 6.61 Å². The number of aryl methyl sites for hydroxylation is 1. The average molecular weight is 221 g/mol. The van der Waals surface area contributed by atoms with Crippen molar-refractivity contribution in [3.63, 3.8) is 0 Å². The molecule has 0 aliphatic carbocycles. The molecule has 0 heterocycles. The Hall–Kier alpha value is -0.860. The first kappa shape index (κ1) is 13.2. The molecule has 0 saturated heterocycles. The molecule has 1 rings (SSSR count). The summed E-state index contributed by atoms with van der Waals surface area (Å²) in [5, 5.41) is 12.3. The van der Waals surface area contributed by atoms with Gasteiger partial charge in [0, 0.05) is 12.6 Å². The van der Waals surface area contributed by atoms with Crippen molar-refractivity contribution in [2.24, 2.45) is 5.92 Å². The second-order valence-electron chi connectivity index (χ2n) is 4.61. The molecule has 0 aromatic heterocycles. The minimum Gasteiger partial charge on any atom is -0.396 e. The standard InChI is InChI=1S/C14H23NO/c1-11(2)14(15-9-6-10-16)13-8-5-4-7-12(13)3/h4-5,7-8,11,14-16H,6,9-10H2,1-3H3. The molecule has 90 valence electrons. The van der Waals surface area contributed by atoms with Crippen LogP contribution in [0.4, 0.5) is 0 Å². The predicted octanol–water partition coefficient (Wildman–Crippen LogP) is 2.66. The SMILES string of the molecule is Cc1ccccc1C(NCCCO)C(C)C. The van der Waals surface area contributed by atoms with Crippen LogP contribution in [0, 0.1) is 12.8 Å². The third-order valence-corrected chi connectivity index (χ3v) is 2.89. The van der Waals surface area contributed by atoms with Gasteiger partial charge in [0.1, 0.15) is 0 Å². The lowest BCUT2D eigenvalue weighted by Crippen LogP contribution is -2.27. The van der Waals surface area contributed by atoms with Gasteiger partial charge in [0.05, 0.1) is 0 Å². The summed E-state index contributed by atoms with van der Waals surface area (Å²) in [5.41, 5.74) is 2.70. The quantitative estimate of drug-likeness (QED) is 0.724. The van der Waals surface area contributed by atoms with Crippen molar-refractivity contribution in [3.8, 4) is 0 Å². The molecule has 2 heteroatoms. The molecular formula is C14H23NO. The number of aliphatic hydroxyl groups excluding tert-OH is 1. The largest absolute Gasteiger partial charge is 0.396 e. The van der Waals surface area contributed by atoms with E-state index < -0.39 is 0 Å². The summed E-state index contributed by atoms with van der Waals surface area (Å²) >= 11 is 0. The Labute approximate surface area is 98.7 Å². The van der Waals surface area contributed by atoms with Gasteiger partial charge in [0.2, 0.25) is 0 Å². The minimum atomic E-state index is 0.256. The predicted molar refractivity (Wildman–Crippen MR) is 68.5 cm³/mol. The molecule has 1 atom stereocenters. The lowest BCUT2D eigenvalue weighted by atomic mass is 9.92. The van der Waals surface area contributed by atoms with Gasteiger partial charge < -0.3 is 10.4 Å². The van der Waals surface area contributed by atoms with Crippen molar-refractivity contribution in [2.75, 3.05) is 13.2 Å². The maximum atomic E-state index is 8.80. The van der Waals surface area contributed by atoms with Gasteiger partial charge in [-0.3, -0.25) is 0 Å². The van der Waals surface area contributed by atoms with Crippen molar-refractivity contribution in [1.82, 2.24) is 5.32 Å². The number of hydrogen-bond acceptors (Lipinski definition) is 2. The Balaban J connectivity index is 2.74. The van der Waals surface area contributed by atoms with E-state index >= 15 is 0 Å². The fraction of sp³-hybridized carbons (Fsp3) is 0.571. The maximum Gasteiger partial charge on any atom is 0.0443 e. The van der Waals surface area contributed by atoms with Crippen molar-refractivity contribution in [3.05, 3.63) is 35.4 Å². The van der Waals surface area contributed by atoms with Gasteiger partial charge >= 0.3 is 0 Å². The zero-order valence-electron chi connectivity index (χ0n) is 10.5. The summed E-state index contributed by atoms with van der Waals surface area (Å²) in [6.07, 6.45) is 0.815. The molecule has 0 radical (unpaired) electrons. The topological polar surface area (TPSA) is 32.3 Å². The van der Waals surface area contributed by atoms with Gasteiger partial charge in [-0.1, -0.05) is 38.1 Å². The van der Waals surface area contributed by atoms with Crippen LogP contribution in [0.2, 0.25) is 0 Å². The Morgan fingerprint density at radius 2 is 1.94 bits per heavy atom. The first-order valence-corrected chi connectivity index (χ1v) is 6.06. The summed E-state index contributed by atoms with van der Waals surface area (Å²) in [4.78, 5) is 0. The molecule has 1 aromatic rings. The van der Waals surface area contributed by atoms with Crippen LogP contribution < -0.4 is 5.32 Å². The molecule has 0 fully saturated rings. The van der Waals surface area contributed by atoms with Gasteiger partial charge in [-0.25, -0.2) is 0 Å². The molecule has 0 aliphatic heterocycles. The molecule has 0 amide bonds. The number of aliphatic hydroxyl groups is 1. The number of nitrogens with one attached hydrogen (secondary N) is 1. The van der Waals surface area contributed by atoms with E-state index in [1.165, 1.54) is 11.1 Å². The molecule has 0 aliphatic rings. The van der Waals surface area contributed by atoms with Crippen molar-refractivity contribution >= 4 is 0 Å². The van der Waals surface area contributed by atoms with Crippen LogP contribution in [0.15, 0.2) is 24.3 Å². The zero-order chi connectivity index (χ0) is 12.0. The van der Waals surface area contributed by atoms with Crippen LogP contribution >= 0.6 is 0 Å². The molecule has 0 spiro atoms. The summed E-state index contributed by atoms with van der Waals surface area (Å²) in [7, 11) is 0. The third kappa shape index (κ3) is 3.62. The van der Waals surface area contributed by atoms with Crippen molar-refractivity contribution < 1.29 is 5.11 Å². The molecule has 2 N–H and O–H groups in total. The fourth-order valence-corrected chi connectivity index (χ4v) is 1.98. The first-order valence-electron chi connectivity index (χ1n) is 6.06. The monoisotopic (exact) mass is 221 g/mol. The molecule has 2 nitrogen and oxygen atoms in total. The molecule has 1 aromatic carbocycles. The van der Waals surface area contributed by atoms with E-state index in [0.717, 1.165) is 13.0 Å². The van der Waals surface area contributed by atoms with E-state index in [1.807, 2.05) is 0 Å². The number of benzene rings is 1. The van der Waals surface area contributed by atoms with E-state index in [9.17, 15) is 0 Å². The van der Waals surface area contributed by atoms with Crippen LogP contribution in [0.5, 0.6) is 0 Å². The summed E-state index contributed by atoms with van der Waals surface area (Å²) in [5.74, 6) is 0.555. The van der Waals surface area contributed by atoms with Gasteiger partial charge in [-0.2, -0.15) is 0 Å².